The number of allylic oxidation sites excluding steroid dienone is 3. The largest absolute Gasteiger partial charge is 0.392 e. The molecule has 0 atom stereocenters. The van der Waals surface area contributed by atoms with Crippen molar-refractivity contribution in [3.8, 4) is 11.3 Å². The number of pyridine rings is 1. The lowest BCUT2D eigenvalue weighted by Crippen LogP contribution is -2.41. The topological polar surface area (TPSA) is 134 Å². The Balaban J connectivity index is 1.48. The van der Waals surface area contributed by atoms with Crippen LogP contribution in [0.25, 0.3) is 11.3 Å². The molecule has 11 nitrogen and oxygen atoms in total. The molecule has 1 aliphatic heterocycles. The van der Waals surface area contributed by atoms with E-state index in [-0.39, 0.29) is 35.2 Å². The first-order chi connectivity index (χ1) is 20.5. The Bertz CT molecular complexity index is 1760. The highest BCUT2D eigenvalue weighted by atomic mass is 16.3. The second-order valence-electron chi connectivity index (χ2n) is 11.7. The van der Waals surface area contributed by atoms with Crippen LogP contribution in [0.15, 0.2) is 65.5 Å². The van der Waals surface area contributed by atoms with E-state index in [1.807, 2.05) is 6.07 Å². The second-order valence-corrected chi connectivity index (χ2v) is 11.7. The molecule has 11 heteroatoms. The van der Waals surface area contributed by atoms with Crippen molar-refractivity contribution in [2.45, 2.75) is 53.7 Å². The molecule has 0 aromatic carbocycles. The molecule has 0 saturated heterocycles. The molecule has 1 aliphatic carbocycles. The number of hydrogen-bond donors (Lipinski definition) is 3. The van der Waals surface area contributed by atoms with Crippen molar-refractivity contribution in [3.05, 3.63) is 93.6 Å². The van der Waals surface area contributed by atoms with Gasteiger partial charge in [-0.1, -0.05) is 26.5 Å². The number of anilines is 2. The fourth-order valence-electron chi connectivity index (χ4n) is 5.88. The van der Waals surface area contributed by atoms with Gasteiger partial charge in [-0.05, 0) is 62.0 Å². The summed E-state index contributed by atoms with van der Waals surface area (Å²) in [5, 5.41) is 16.2. The van der Waals surface area contributed by atoms with Crippen LogP contribution in [0, 0.1) is 5.41 Å². The molecule has 0 saturated carbocycles. The number of aliphatic hydroxyl groups is 1. The molecule has 2 aliphatic rings. The zero-order chi connectivity index (χ0) is 31.1. The minimum absolute atomic E-state index is 0.0609. The highest BCUT2D eigenvalue weighted by molar-refractivity contribution is 6.06. The minimum atomic E-state index is -0.381. The maximum atomic E-state index is 13.7. The van der Waals surface area contributed by atoms with Gasteiger partial charge in [0, 0.05) is 60.7 Å². The van der Waals surface area contributed by atoms with Crippen molar-refractivity contribution in [2.24, 2.45) is 12.5 Å². The van der Waals surface area contributed by atoms with Crippen LogP contribution in [-0.4, -0.2) is 42.6 Å². The van der Waals surface area contributed by atoms with Gasteiger partial charge in [0.25, 0.3) is 11.5 Å². The number of amides is 2. The van der Waals surface area contributed by atoms with Crippen molar-refractivity contribution >= 4 is 23.5 Å². The van der Waals surface area contributed by atoms with Gasteiger partial charge in [0.15, 0.2) is 5.82 Å². The van der Waals surface area contributed by atoms with Crippen molar-refractivity contribution in [2.75, 3.05) is 16.8 Å². The first-order valence-corrected chi connectivity index (χ1v) is 14.2. The molecular weight excluding hydrogens is 546 g/mol. The average molecular weight is 584 g/mol. The third kappa shape index (κ3) is 5.68. The number of aryl methyl sites for hydroxylation is 1. The van der Waals surface area contributed by atoms with Crippen LogP contribution in [0.5, 0.6) is 0 Å². The summed E-state index contributed by atoms with van der Waals surface area (Å²) < 4.78 is 3.53. The van der Waals surface area contributed by atoms with Crippen molar-refractivity contribution in [1.29, 1.82) is 0 Å². The van der Waals surface area contributed by atoms with Gasteiger partial charge >= 0.3 is 0 Å². The smallest absolute Gasteiger partial charge is 0.293 e. The Morgan fingerprint density at radius 3 is 2.70 bits per heavy atom. The summed E-state index contributed by atoms with van der Waals surface area (Å²) in [4.78, 5) is 49.2. The number of carbonyl (C=O) groups excluding carboxylic acids is 2. The van der Waals surface area contributed by atoms with E-state index in [9.17, 15) is 19.5 Å². The molecule has 3 N–H and O–H groups in total. The third-order valence-corrected chi connectivity index (χ3v) is 7.87. The molecule has 0 radical (unpaired) electrons. The number of hydrogen-bond acceptors (Lipinski definition) is 7. The Labute approximate surface area is 250 Å². The molecule has 0 fully saturated rings. The number of fused-ring (bicyclic) bond motifs is 3. The minimum Gasteiger partial charge on any atom is -0.392 e. The van der Waals surface area contributed by atoms with Crippen LogP contribution in [0.1, 0.15) is 55.0 Å². The number of nitrogens with zero attached hydrogens (tertiary/aromatic N) is 5. The lowest BCUT2D eigenvalue weighted by atomic mass is 9.90. The van der Waals surface area contributed by atoms with Crippen LogP contribution < -0.4 is 21.1 Å². The predicted molar refractivity (Wildman–Crippen MR) is 165 cm³/mol. The molecular formula is C32H37N7O4. The van der Waals surface area contributed by atoms with E-state index in [4.69, 9.17) is 0 Å². The number of aliphatic hydroxyl groups excluding tert-OH is 1. The summed E-state index contributed by atoms with van der Waals surface area (Å²) in [5.74, 6) is -0.0787. The fourth-order valence-corrected chi connectivity index (χ4v) is 5.88. The Hall–Kier alpha value is -4.77. The first-order valence-electron chi connectivity index (χ1n) is 14.2. The summed E-state index contributed by atoms with van der Waals surface area (Å²) in [6.07, 6.45) is 9.61. The van der Waals surface area contributed by atoms with Gasteiger partial charge in [-0.25, -0.2) is 9.97 Å². The molecule has 3 aromatic heterocycles. The van der Waals surface area contributed by atoms with E-state index in [2.05, 4.69) is 45.6 Å². The third-order valence-electron chi connectivity index (χ3n) is 7.87. The van der Waals surface area contributed by atoms with Gasteiger partial charge in [0.05, 0.1) is 12.3 Å². The number of nitrogens with one attached hydrogen (secondary N) is 2. The summed E-state index contributed by atoms with van der Waals surface area (Å²) in [6.45, 7) is 12.1. The van der Waals surface area contributed by atoms with Crippen molar-refractivity contribution < 1.29 is 14.7 Å². The second kappa shape index (κ2) is 11.5. The number of carbonyl (C=O) groups is 2. The van der Waals surface area contributed by atoms with Gasteiger partial charge in [0.1, 0.15) is 11.5 Å². The van der Waals surface area contributed by atoms with Gasteiger partial charge in [-0.2, -0.15) is 0 Å². The summed E-state index contributed by atoms with van der Waals surface area (Å²) in [5.41, 5.74) is 5.43. The van der Waals surface area contributed by atoms with Crippen LogP contribution in [0.4, 0.5) is 11.6 Å². The summed E-state index contributed by atoms with van der Waals surface area (Å²) in [7, 11) is 1.61. The van der Waals surface area contributed by atoms with Crippen LogP contribution in [0.3, 0.4) is 0 Å². The molecule has 5 rings (SSSR count). The Morgan fingerprint density at radius 1 is 1.23 bits per heavy atom. The number of rotatable bonds is 8. The SMILES string of the molecule is C=CC(=O)NC(/C=C(\C)Nc1nc(-c2ccnc(N3CCn4c(cc5c4CC(C)(C)C5)C3=O)c2CO)cn(C)c1=O)=C/C. The molecule has 0 bridgehead atoms. The maximum absolute atomic E-state index is 13.7. The lowest BCUT2D eigenvalue weighted by molar-refractivity contribution is -0.115. The van der Waals surface area contributed by atoms with Crippen LogP contribution in [0.2, 0.25) is 0 Å². The molecule has 224 valence electrons. The van der Waals surface area contributed by atoms with E-state index < -0.39 is 0 Å². The molecule has 2 amide bonds. The van der Waals surface area contributed by atoms with Crippen molar-refractivity contribution in [1.82, 2.24) is 24.4 Å². The van der Waals surface area contributed by atoms with Gasteiger partial charge in [-0.15, -0.1) is 0 Å². The Kier molecular flexibility index (Phi) is 7.94. The van der Waals surface area contributed by atoms with E-state index in [0.717, 1.165) is 12.8 Å². The quantitative estimate of drug-likeness (QED) is 0.273. The standard InChI is InChI=1S/C32H37N7O4/c1-7-21(35-27(41)8-2)13-19(3)34-28-31(43)37(6)17-24(36-28)22-9-10-33-29(23(22)18-40)39-12-11-38-25(30(39)42)14-20-15-32(4,5)16-26(20)38/h7-10,13-14,17,40H,2,11-12,15-16,18H2,1,3-6H3,(H,34,36)(H,35,41)/b19-13+,21-7+. The zero-order valence-electron chi connectivity index (χ0n) is 25.2. The number of aromatic nitrogens is 4. The van der Waals surface area contributed by atoms with Crippen LogP contribution >= 0.6 is 0 Å². The van der Waals surface area contributed by atoms with Gasteiger partial charge < -0.3 is 24.9 Å². The highest BCUT2D eigenvalue weighted by Gasteiger charge is 2.37. The van der Waals surface area contributed by atoms with E-state index in [0.29, 0.717) is 52.8 Å². The van der Waals surface area contributed by atoms with E-state index in [1.165, 1.54) is 21.9 Å². The first kappa shape index (κ1) is 29.7. The average Bonchev–Trinajstić information content (AvgIpc) is 3.46. The monoisotopic (exact) mass is 583 g/mol. The summed E-state index contributed by atoms with van der Waals surface area (Å²) >= 11 is 0. The van der Waals surface area contributed by atoms with E-state index in [1.54, 1.807) is 56.4 Å². The van der Waals surface area contributed by atoms with Crippen LogP contribution in [-0.2, 0) is 37.8 Å². The van der Waals surface area contributed by atoms with E-state index >= 15 is 0 Å². The molecule has 4 heterocycles. The normalized spacial score (nSPS) is 16.1. The fraction of sp³-hybridized carbons (Fsp3) is 0.344. The Morgan fingerprint density at radius 2 is 2.00 bits per heavy atom. The zero-order valence-corrected chi connectivity index (χ0v) is 25.2. The molecule has 3 aromatic rings. The highest BCUT2D eigenvalue weighted by Crippen LogP contribution is 2.40. The van der Waals surface area contributed by atoms with Gasteiger partial charge in [0.2, 0.25) is 5.91 Å². The molecule has 0 spiro atoms. The van der Waals surface area contributed by atoms with Crippen molar-refractivity contribution in [3.63, 3.8) is 0 Å². The summed E-state index contributed by atoms with van der Waals surface area (Å²) in [6, 6.07) is 3.72. The predicted octanol–water partition coefficient (Wildman–Crippen LogP) is 3.44. The molecule has 43 heavy (non-hydrogen) atoms. The molecule has 0 unspecified atom stereocenters. The van der Waals surface area contributed by atoms with Gasteiger partial charge in [-0.3, -0.25) is 19.3 Å². The lowest BCUT2D eigenvalue weighted by Gasteiger charge is -2.30. The maximum Gasteiger partial charge on any atom is 0.293 e.